The third-order valence-electron chi connectivity index (χ3n) is 3.33. The number of nitrogens with one attached hydrogen (secondary N) is 1. The van der Waals surface area contributed by atoms with Crippen LogP contribution in [0.15, 0.2) is 0 Å². The fraction of sp³-hybridized carbons (Fsp3) is 0.786. The van der Waals surface area contributed by atoms with Crippen molar-refractivity contribution in [1.29, 1.82) is 0 Å². The molecule has 1 unspecified atom stereocenters. The summed E-state index contributed by atoms with van der Waals surface area (Å²) >= 11 is 0. The molecular formula is C14H27N3O4. The smallest absolute Gasteiger partial charge is 0.317 e. The van der Waals surface area contributed by atoms with E-state index in [1.54, 1.807) is 18.7 Å². The number of carbonyl (C=O) groups excluding carboxylic acids is 2. The molecule has 7 nitrogen and oxygen atoms in total. The lowest BCUT2D eigenvalue weighted by molar-refractivity contribution is -0.138. The van der Waals surface area contributed by atoms with Crippen molar-refractivity contribution < 1.29 is 19.5 Å². The predicted molar refractivity (Wildman–Crippen MR) is 80.0 cm³/mol. The normalized spacial score (nSPS) is 11.6. The lowest BCUT2D eigenvalue weighted by Gasteiger charge is -2.27. The average Bonchev–Trinajstić information content (AvgIpc) is 2.40. The van der Waals surface area contributed by atoms with Crippen LogP contribution < -0.4 is 5.32 Å². The van der Waals surface area contributed by atoms with Gasteiger partial charge >= 0.3 is 12.0 Å². The Morgan fingerprint density at radius 2 is 1.67 bits per heavy atom. The second-order valence-corrected chi connectivity index (χ2v) is 4.78. The molecule has 0 radical (unpaired) electrons. The molecule has 3 amide bonds. The number of carbonyl (C=O) groups is 3. The third kappa shape index (κ3) is 6.97. The third-order valence-corrected chi connectivity index (χ3v) is 3.33. The molecule has 0 aromatic rings. The molecule has 0 saturated heterocycles. The molecule has 122 valence electrons. The number of hydrogen-bond donors (Lipinski definition) is 2. The summed E-state index contributed by atoms with van der Waals surface area (Å²) in [6.07, 6.45) is 0.151. The van der Waals surface area contributed by atoms with E-state index in [1.165, 1.54) is 4.90 Å². The van der Waals surface area contributed by atoms with Gasteiger partial charge in [-0.15, -0.1) is 0 Å². The maximum atomic E-state index is 12.0. The summed E-state index contributed by atoms with van der Waals surface area (Å²) in [6.45, 7) is 9.28. The highest BCUT2D eigenvalue weighted by molar-refractivity contribution is 5.78. The molecule has 0 rings (SSSR count). The quantitative estimate of drug-likeness (QED) is 0.668. The Labute approximate surface area is 126 Å². The summed E-state index contributed by atoms with van der Waals surface area (Å²) in [5.74, 6) is -0.938. The fourth-order valence-electron chi connectivity index (χ4n) is 2.13. The second-order valence-electron chi connectivity index (χ2n) is 4.78. The first kappa shape index (κ1) is 19.2. The molecule has 0 aromatic carbocycles. The SMILES string of the molecule is CCN(CC)C(=O)CCNC(=O)N(CC)C(C)CC(=O)O. The van der Waals surface area contributed by atoms with E-state index in [1.807, 2.05) is 13.8 Å². The first-order chi connectivity index (χ1) is 9.87. The minimum Gasteiger partial charge on any atom is -0.481 e. The van der Waals surface area contributed by atoms with Gasteiger partial charge in [-0.1, -0.05) is 0 Å². The lowest BCUT2D eigenvalue weighted by Crippen LogP contribution is -2.46. The Balaban J connectivity index is 4.28. The van der Waals surface area contributed by atoms with Crippen molar-refractivity contribution in [3.8, 4) is 0 Å². The molecule has 0 aliphatic carbocycles. The van der Waals surface area contributed by atoms with E-state index >= 15 is 0 Å². The number of hydrogen-bond acceptors (Lipinski definition) is 3. The molecule has 0 spiro atoms. The first-order valence-corrected chi connectivity index (χ1v) is 7.41. The first-order valence-electron chi connectivity index (χ1n) is 7.41. The molecule has 0 saturated carbocycles. The van der Waals surface area contributed by atoms with E-state index < -0.39 is 5.97 Å². The Bertz CT molecular complexity index is 356. The zero-order chi connectivity index (χ0) is 16.4. The van der Waals surface area contributed by atoms with E-state index in [0.717, 1.165) is 0 Å². The monoisotopic (exact) mass is 301 g/mol. The summed E-state index contributed by atoms with van der Waals surface area (Å²) < 4.78 is 0. The van der Waals surface area contributed by atoms with E-state index in [-0.39, 0.29) is 37.4 Å². The molecule has 7 heteroatoms. The zero-order valence-corrected chi connectivity index (χ0v) is 13.4. The van der Waals surface area contributed by atoms with Crippen molar-refractivity contribution in [2.75, 3.05) is 26.2 Å². The maximum Gasteiger partial charge on any atom is 0.317 e. The van der Waals surface area contributed by atoms with Crippen LogP contribution in [0.25, 0.3) is 0 Å². The van der Waals surface area contributed by atoms with Gasteiger partial charge in [0.05, 0.1) is 6.42 Å². The van der Waals surface area contributed by atoms with E-state index in [2.05, 4.69) is 5.32 Å². The topological polar surface area (TPSA) is 90.0 Å². The summed E-state index contributed by atoms with van der Waals surface area (Å²) in [5, 5.41) is 11.4. The van der Waals surface area contributed by atoms with Gasteiger partial charge in [0.25, 0.3) is 0 Å². The molecule has 0 bridgehead atoms. The number of rotatable bonds is 9. The van der Waals surface area contributed by atoms with Crippen molar-refractivity contribution in [3.05, 3.63) is 0 Å². The van der Waals surface area contributed by atoms with Crippen molar-refractivity contribution in [1.82, 2.24) is 15.1 Å². The standard InChI is InChI=1S/C14H27N3O4/c1-5-16(6-2)12(18)8-9-15-14(21)17(7-3)11(4)10-13(19)20/h11H,5-10H2,1-4H3,(H,15,21)(H,19,20). The molecule has 0 aliphatic heterocycles. The van der Waals surface area contributed by atoms with E-state index in [9.17, 15) is 14.4 Å². The molecule has 0 fully saturated rings. The van der Waals surface area contributed by atoms with Gasteiger partial charge in [0.2, 0.25) is 5.91 Å². The van der Waals surface area contributed by atoms with Gasteiger partial charge in [-0.3, -0.25) is 9.59 Å². The van der Waals surface area contributed by atoms with Crippen LogP contribution in [-0.4, -0.2) is 65.0 Å². The van der Waals surface area contributed by atoms with Crippen LogP contribution in [0.1, 0.15) is 40.5 Å². The van der Waals surface area contributed by atoms with Crippen LogP contribution in [0, 0.1) is 0 Å². The second kappa shape index (κ2) is 10.0. The molecule has 0 aromatic heterocycles. The molecular weight excluding hydrogens is 274 g/mol. The summed E-state index contributed by atoms with van der Waals surface area (Å²) in [4.78, 5) is 37.6. The molecule has 2 N–H and O–H groups in total. The maximum absolute atomic E-state index is 12.0. The van der Waals surface area contributed by atoms with Crippen LogP contribution in [0.4, 0.5) is 4.79 Å². The number of nitrogens with zero attached hydrogens (tertiary/aromatic N) is 2. The lowest BCUT2D eigenvalue weighted by atomic mass is 10.2. The van der Waals surface area contributed by atoms with Gasteiger partial charge in [-0.05, 0) is 27.7 Å². The Morgan fingerprint density at radius 3 is 2.10 bits per heavy atom. The van der Waals surface area contributed by atoms with Gasteiger partial charge in [-0.25, -0.2) is 4.79 Å². The van der Waals surface area contributed by atoms with Gasteiger partial charge < -0.3 is 20.2 Å². The molecule has 0 aliphatic rings. The number of carboxylic acid groups (broad SMARTS) is 1. The van der Waals surface area contributed by atoms with Crippen molar-refractivity contribution in [2.45, 2.75) is 46.6 Å². The van der Waals surface area contributed by atoms with Crippen LogP contribution in [0.2, 0.25) is 0 Å². The van der Waals surface area contributed by atoms with Gasteiger partial charge in [0.15, 0.2) is 0 Å². The van der Waals surface area contributed by atoms with Crippen molar-refractivity contribution >= 4 is 17.9 Å². The highest BCUT2D eigenvalue weighted by Gasteiger charge is 2.20. The van der Waals surface area contributed by atoms with Crippen LogP contribution >= 0.6 is 0 Å². The minimum absolute atomic E-state index is 0.00179. The molecule has 1 atom stereocenters. The number of amides is 3. The number of carboxylic acids is 1. The average molecular weight is 301 g/mol. The summed E-state index contributed by atoms with van der Waals surface area (Å²) in [6, 6.07) is -0.718. The Morgan fingerprint density at radius 1 is 1.10 bits per heavy atom. The van der Waals surface area contributed by atoms with Crippen LogP contribution in [-0.2, 0) is 9.59 Å². The molecule has 21 heavy (non-hydrogen) atoms. The van der Waals surface area contributed by atoms with Crippen LogP contribution in [0.3, 0.4) is 0 Å². The summed E-state index contributed by atoms with van der Waals surface area (Å²) in [7, 11) is 0. The van der Waals surface area contributed by atoms with Crippen molar-refractivity contribution in [3.63, 3.8) is 0 Å². The largest absolute Gasteiger partial charge is 0.481 e. The Kier molecular flexibility index (Phi) is 9.16. The van der Waals surface area contributed by atoms with Crippen LogP contribution in [0.5, 0.6) is 0 Å². The predicted octanol–water partition coefficient (Wildman–Crippen LogP) is 1.14. The molecule has 0 heterocycles. The summed E-state index contributed by atoms with van der Waals surface area (Å²) in [5.41, 5.74) is 0. The van der Waals surface area contributed by atoms with E-state index in [0.29, 0.717) is 19.6 Å². The van der Waals surface area contributed by atoms with Gasteiger partial charge in [0, 0.05) is 38.6 Å². The van der Waals surface area contributed by atoms with E-state index in [4.69, 9.17) is 5.11 Å². The van der Waals surface area contributed by atoms with Gasteiger partial charge in [-0.2, -0.15) is 0 Å². The fourth-order valence-corrected chi connectivity index (χ4v) is 2.13. The Hall–Kier alpha value is -1.79. The van der Waals surface area contributed by atoms with Crippen molar-refractivity contribution in [2.24, 2.45) is 0 Å². The highest BCUT2D eigenvalue weighted by atomic mass is 16.4. The highest BCUT2D eigenvalue weighted by Crippen LogP contribution is 2.04. The zero-order valence-electron chi connectivity index (χ0n) is 13.4. The number of aliphatic carboxylic acids is 1. The van der Waals surface area contributed by atoms with Gasteiger partial charge in [0.1, 0.15) is 0 Å². The minimum atomic E-state index is -0.939. The number of urea groups is 1.